The number of anilines is 2. The quantitative estimate of drug-likeness (QED) is 0.339. The number of carbonyl (C=O) groups excluding carboxylic acids is 2. The Morgan fingerprint density at radius 1 is 1.09 bits per heavy atom. The number of carbonyl (C=O) groups is 2. The number of aromatic nitrogens is 4. The highest BCUT2D eigenvalue weighted by molar-refractivity contribution is 6.04. The van der Waals surface area contributed by atoms with Crippen molar-refractivity contribution in [1.82, 2.24) is 29.2 Å². The molecule has 3 aromatic heterocycles. The fourth-order valence-corrected chi connectivity index (χ4v) is 5.86. The van der Waals surface area contributed by atoms with Crippen LogP contribution < -0.4 is 11.1 Å². The topological polar surface area (TPSA) is 122 Å². The van der Waals surface area contributed by atoms with E-state index in [1.807, 2.05) is 34.5 Å². The maximum atomic E-state index is 13.4. The Hall–Kier alpha value is -4.52. The summed E-state index contributed by atoms with van der Waals surface area (Å²) in [5.74, 6) is 0.423. The Morgan fingerprint density at radius 3 is 2.51 bits per heavy atom. The molecular formula is C30H31F3N8O2. The van der Waals surface area contributed by atoms with Crippen molar-refractivity contribution >= 4 is 29.0 Å². The number of hydrogen-bond donors (Lipinski definition) is 2. The van der Waals surface area contributed by atoms with Gasteiger partial charge in [-0.15, -0.1) is 0 Å². The highest BCUT2D eigenvalue weighted by Crippen LogP contribution is 2.43. The molecule has 4 aromatic rings. The summed E-state index contributed by atoms with van der Waals surface area (Å²) in [4.78, 5) is 43.3. The lowest BCUT2D eigenvalue weighted by Crippen LogP contribution is -2.50. The molecule has 10 nitrogen and oxygen atoms in total. The largest absolute Gasteiger partial charge is 0.416 e. The molecule has 4 heterocycles. The number of likely N-dealkylation sites (tertiary alicyclic amines) is 1. The van der Waals surface area contributed by atoms with E-state index in [4.69, 9.17) is 10.7 Å². The maximum absolute atomic E-state index is 13.4. The molecule has 0 radical (unpaired) electrons. The number of nitrogens with zero attached hydrogens (tertiary/aromatic N) is 6. The fraction of sp³-hybridized carbons (Fsp3) is 0.367. The maximum Gasteiger partial charge on any atom is 0.416 e. The first-order chi connectivity index (χ1) is 20.5. The third kappa shape index (κ3) is 5.29. The molecule has 224 valence electrons. The van der Waals surface area contributed by atoms with E-state index < -0.39 is 23.2 Å². The van der Waals surface area contributed by atoms with Gasteiger partial charge in [0.15, 0.2) is 0 Å². The highest BCUT2D eigenvalue weighted by atomic mass is 19.4. The summed E-state index contributed by atoms with van der Waals surface area (Å²) in [5, 5.41) is 2.42. The first-order valence-electron chi connectivity index (χ1n) is 14.0. The molecule has 1 aliphatic carbocycles. The molecule has 1 saturated heterocycles. The van der Waals surface area contributed by atoms with Gasteiger partial charge < -0.3 is 16.0 Å². The lowest BCUT2D eigenvalue weighted by molar-refractivity contribution is -0.139. The Labute approximate surface area is 245 Å². The second kappa shape index (κ2) is 10.6. The predicted molar refractivity (Wildman–Crippen MR) is 154 cm³/mol. The Kier molecular flexibility index (Phi) is 7.07. The van der Waals surface area contributed by atoms with Crippen LogP contribution >= 0.6 is 0 Å². The monoisotopic (exact) mass is 592 g/mol. The van der Waals surface area contributed by atoms with Gasteiger partial charge in [0.25, 0.3) is 5.91 Å². The predicted octanol–water partition coefficient (Wildman–Crippen LogP) is 4.44. The van der Waals surface area contributed by atoms with E-state index in [1.165, 1.54) is 0 Å². The van der Waals surface area contributed by atoms with Gasteiger partial charge in [-0.25, -0.2) is 15.0 Å². The van der Waals surface area contributed by atoms with E-state index >= 15 is 0 Å². The van der Waals surface area contributed by atoms with Gasteiger partial charge in [0.05, 0.1) is 5.56 Å². The zero-order chi connectivity index (χ0) is 30.5. The molecule has 6 rings (SSSR count). The van der Waals surface area contributed by atoms with Crippen molar-refractivity contribution in [3.05, 3.63) is 71.9 Å². The molecule has 2 fully saturated rings. The zero-order valence-electron chi connectivity index (χ0n) is 23.7. The number of benzene rings is 1. The fourth-order valence-electron chi connectivity index (χ4n) is 5.86. The van der Waals surface area contributed by atoms with Gasteiger partial charge in [0.2, 0.25) is 5.91 Å². The second-order valence-electron chi connectivity index (χ2n) is 11.3. The van der Waals surface area contributed by atoms with Crippen LogP contribution in [-0.4, -0.2) is 73.7 Å². The molecule has 0 spiro atoms. The van der Waals surface area contributed by atoms with Gasteiger partial charge >= 0.3 is 6.18 Å². The summed E-state index contributed by atoms with van der Waals surface area (Å²) in [6.07, 6.45) is 3.32. The molecule has 1 saturated carbocycles. The number of hydrogen-bond acceptors (Lipinski definition) is 7. The molecule has 0 bridgehead atoms. The molecule has 1 aromatic carbocycles. The smallest absolute Gasteiger partial charge is 0.382 e. The molecular weight excluding hydrogens is 561 g/mol. The van der Waals surface area contributed by atoms with E-state index in [1.54, 1.807) is 30.5 Å². The van der Waals surface area contributed by atoms with Crippen LogP contribution in [-0.2, 0) is 11.0 Å². The Balaban J connectivity index is 1.26. The van der Waals surface area contributed by atoms with Gasteiger partial charge in [0.1, 0.15) is 34.2 Å². The Morgan fingerprint density at radius 2 is 1.84 bits per heavy atom. The van der Waals surface area contributed by atoms with Gasteiger partial charge in [-0.2, -0.15) is 13.2 Å². The van der Waals surface area contributed by atoms with Gasteiger partial charge in [0, 0.05) is 48.7 Å². The molecule has 1 unspecified atom stereocenters. The number of fused-ring (bicyclic) bond motifs is 1. The molecule has 1 atom stereocenters. The third-order valence-electron chi connectivity index (χ3n) is 8.41. The van der Waals surface area contributed by atoms with Crippen LogP contribution in [0.3, 0.4) is 0 Å². The Bertz CT molecular complexity index is 1700. The number of pyridine rings is 1. The summed E-state index contributed by atoms with van der Waals surface area (Å²) in [6.45, 7) is 1.27. The minimum absolute atomic E-state index is 0.0104. The summed E-state index contributed by atoms with van der Waals surface area (Å²) < 4.78 is 41.1. The molecule has 2 aliphatic rings. The molecule has 1 aliphatic heterocycles. The zero-order valence-corrected chi connectivity index (χ0v) is 23.7. The van der Waals surface area contributed by atoms with Crippen LogP contribution in [0.25, 0.3) is 16.8 Å². The number of imidazole rings is 1. The lowest BCUT2D eigenvalue weighted by Gasteiger charge is -2.36. The van der Waals surface area contributed by atoms with E-state index in [9.17, 15) is 22.8 Å². The van der Waals surface area contributed by atoms with E-state index in [2.05, 4.69) is 15.3 Å². The summed E-state index contributed by atoms with van der Waals surface area (Å²) in [6, 6.07) is 8.16. The SMILES string of the molecule is CN(C)C1(C(=O)N2CCCC(c3nc(-c4ccc(C(=O)Nc5cc(C(F)(F)F)ccn5)cc4)c4c(N)nccn34)C2)CC1. The third-order valence-corrected chi connectivity index (χ3v) is 8.41. The molecule has 43 heavy (non-hydrogen) atoms. The van der Waals surface area contributed by atoms with Gasteiger partial charge in [-0.1, -0.05) is 12.1 Å². The number of likely N-dealkylation sites (N-methyl/N-ethyl adjacent to an activating group) is 1. The van der Waals surface area contributed by atoms with E-state index in [0.29, 0.717) is 35.7 Å². The number of alkyl halides is 3. The average molecular weight is 593 g/mol. The summed E-state index contributed by atoms with van der Waals surface area (Å²) >= 11 is 0. The molecule has 2 amide bonds. The first-order valence-corrected chi connectivity index (χ1v) is 14.0. The lowest BCUT2D eigenvalue weighted by atomic mass is 9.96. The number of nitrogens with one attached hydrogen (secondary N) is 1. The van der Waals surface area contributed by atoms with Crippen LogP contribution in [0.15, 0.2) is 55.0 Å². The van der Waals surface area contributed by atoms with Crippen molar-refractivity contribution in [3.63, 3.8) is 0 Å². The molecule has 13 heteroatoms. The number of amides is 2. The normalized spacial score (nSPS) is 18.2. The van der Waals surface area contributed by atoms with Crippen molar-refractivity contribution < 1.29 is 22.8 Å². The number of rotatable bonds is 6. The van der Waals surface area contributed by atoms with Gasteiger partial charge in [-0.05, 0) is 64.0 Å². The van der Waals surface area contributed by atoms with Crippen LogP contribution in [0.4, 0.5) is 24.8 Å². The minimum atomic E-state index is -4.55. The number of nitrogen functional groups attached to an aromatic ring is 1. The summed E-state index contributed by atoms with van der Waals surface area (Å²) in [5.41, 5.74) is 7.14. The standard InChI is InChI=1S/C30H31F3N8O2/c1-39(2)29(10-11-29)28(43)40-14-3-4-20(17-40)26-38-23(24-25(34)36-13-15-41(24)26)18-5-7-19(8-6-18)27(42)37-22-16-21(9-12-35-22)30(31,32)33/h5-9,12-13,15-16,20H,3-4,10-11,14,17H2,1-2H3,(H2,34,36)(H,35,37,42). The van der Waals surface area contributed by atoms with Crippen molar-refractivity contribution in [2.24, 2.45) is 0 Å². The van der Waals surface area contributed by atoms with E-state index in [-0.39, 0.29) is 23.2 Å². The van der Waals surface area contributed by atoms with Crippen LogP contribution in [0.1, 0.15) is 53.3 Å². The van der Waals surface area contributed by atoms with E-state index in [0.717, 1.165) is 49.8 Å². The number of piperidine rings is 1. The van der Waals surface area contributed by atoms with Crippen LogP contribution in [0.5, 0.6) is 0 Å². The first kappa shape index (κ1) is 28.6. The van der Waals surface area contributed by atoms with Crippen molar-refractivity contribution in [2.45, 2.75) is 43.3 Å². The van der Waals surface area contributed by atoms with Gasteiger partial charge in [-0.3, -0.25) is 18.9 Å². The second-order valence-corrected chi connectivity index (χ2v) is 11.3. The number of nitrogens with two attached hydrogens (primary N) is 1. The minimum Gasteiger partial charge on any atom is -0.382 e. The van der Waals surface area contributed by atoms with Crippen molar-refractivity contribution in [3.8, 4) is 11.3 Å². The van der Waals surface area contributed by atoms with Crippen LogP contribution in [0, 0.1) is 0 Å². The van der Waals surface area contributed by atoms with Crippen molar-refractivity contribution in [1.29, 1.82) is 0 Å². The highest BCUT2D eigenvalue weighted by Gasteiger charge is 2.54. The van der Waals surface area contributed by atoms with Crippen LogP contribution in [0.2, 0.25) is 0 Å². The molecule has 3 N–H and O–H groups in total. The summed E-state index contributed by atoms with van der Waals surface area (Å²) in [7, 11) is 3.90. The van der Waals surface area contributed by atoms with Crippen molar-refractivity contribution in [2.75, 3.05) is 38.2 Å². The average Bonchev–Trinajstić information content (AvgIpc) is 3.72. The number of halogens is 3.